The lowest BCUT2D eigenvalue weighted by Crippen LogP contribution is -2.36. The molecular formula is C19H24O. The maximum absolute atomic E-state index is 10.6. The third-order valence-electron chi connectivity index (χ3n) is 4.24. The van der Waals surface area contributed by atoms with E-state index in [4.69, 9.17) is 0 Å². The summed E-state index contributed by atoms with van der Waals surface area (Å²) >= 11 is 0. The van der Waals surface area contributed by atoms with Crippen molar-refractivity contribution < 1.29 is 5.11 Å². The lowest BCUT2D eigenvalue weighted by Gasteiger charge is -2.36. The van der Waals surface area contributed by atoms with Crippen molar-refractivity contribution in [1.82, 2.24) is 0 Å². The molecule has 0 saturated heterocycles. The molecule has 1 heteroatoms. The van der Waals surface area contributed by atoms with Crippen LogP contribution in [-0.2, 0) is 0 Å². The smallest absolute Gasteiger partial charge is 0.0870 e. The lowest BCUT2D eigenvalue weighted by atomic mass is 9.72. The van der Waals surface area contributed by atoms with Crippen molar-refractivity contribution in [3.05, 3.63) is 66.3 Å². The van der Waals surface area contributed by atoms with Gasteiger partial charge in [-0.25, -0.2) is 0 Å². The van der Waals surface area contributed by atoms with Gasteiger partial charge in [0.05, 0.1) is 5.60 Å². The molecule has 0 radical (unpaired) electrons. The Morgan fingerprint density at radius 3 is 2.45 bits per heavy atom. The molecule has 1 nitrogen and oxygen atoms in total. The summed E-state index contributed by atoms with van der Waals surface area (Å²) in [7, 11) is 0. The van der Waals surface area contributed by atoms with Crippen LogP contribution in [0.1, 0.15) is 44.2 Å². The van der Waals surface area contributed by atoms with Gasteiger partial charge < -0.3 is 5.11 Å². The number of allylic oxidation sites excluding steroid dienone is 3. The van der Waals surface area contributed by atoms with E-state index in [1.165, 1.54) is 11.1 Å². The number of rotatable bonds is 4. The van der Waals surface area contributed by atoms with Gasteiger partial charge in [0.2, 0.25) is 0 Å². The first-order chi connectivity index (χ1) is 9.45. The number of hydrogen-bond acceptors (Lipinski definition) is 1. The van der Waals surface area contributed by atoms with Gasteiger partial charge in [-0.05, 0) is 37.3 Å². The minimum Gasteiger partial charge on any atom is -0.385 e. The van der Waals surface area contributed by atoms with Crippen LogP contribution in [0.25, 0.3) is 5.57 Å². The highest BCUT2D eigenvalue weighted by atomic mass is 16.3. The summed E-state index contributed by atoms with van der Waals surface area (Å²) in [6.07, 6.45) is 8.98. The number of hydrogen-bond donors (Lipinski definition) is 1. The van der Waals surface area contributed by atoms with E-state index in [0.717, 1.165) is 12.0 Å². The fraction of sp³-hybridized carbons (Fsp3) is 0.368. The Balaban J connectivity index is 2.30. The zero-order valence-electron chi connectivity index (χ0n) is 12.6. The topological polar surface area (TPSA) is 20.2 Å². The van der Waals surface area contributed by atoms with Gasteiger partial charge in [0, 0.05) is 5.92 Å². The van der Waals surface area contributed by atoms with E-state index < -0.39 is 5.60 Å². The summed E-state index contributed by atoms with van der Waals surface area (Å²) in [6, 6.07) is 8.58. The Bertz CT molecular complexity index is 531. The summed E-state index contributed by atoms with van der Waals surface area (Å²) in [4.78, 5) is 0. The maximum Gasteiger partial charge on any atom is 0.0870 e. The Hall–Kier alpha value is -1.60. The molecule has 106 valence electrons. The second-order valence-electron chi connectivity index (χ2n) is 5.91. The molecule has 1 aromatic carbocycles. The SMILES string of the molecule is C=C(C)c1ccc(C(CC)C2C=CC=CC2(C)O)cc1. The van der Waals surface area contributed by atoms with E-state index in [0.29, 0.717) is 5.92 Å². The second-order valence-corrected chi connectivity index (χ2v) is 5.91. The first-order valence-corrected chi connectivity index (χ1v) is 7.30. The van der Waals surface area contributed by atoms with Crippen molar-refractivity contribution in [2.45, 2.75) is 38.7 Å². The van der Waals surface area contributed by atoms with Crippen molar-refractivity contribution in [3.8, 4) is 0 Å². The summed E-state index contributed by atoms with van der Waals surface area (Å²) in [5.41, 5.74) is 2.76. The van der Waals surface area contributed by atoms with Crippen LogP contribution in [-0.4, -0.2) is 10.7 Å². The van der Waals surface area contributed by atoms with Crippen LogP contribution in [0.5, 0.6) is 0 Å². The molecular weight excluding hydrogens is 244 g/mol. The maximum atomic E-state index is 10.6. The molecule has 0 spiro atoms. The molecule has 3 unspecified atom stereocenters. The summed E-state index contributed by atoms with van der Waals surface area (Å²) in [5.74, 6) is 0.443. The highest BCUT2D eigenvalue weighted by molar-refractivity contribution is 5.61. The average Bonchev–Trinajstić information content (AvgIpc) is 2.42. The van der Waals surface area contributed by atoms with Gasteiger partial charge in [-0.1, -0.05) is 67.6 Å². The molecule has 0 amide bonds. The summed E-state index contributed by atoms with van der Waals surface area (Å²) < 4.78 is 0. The normalized spacial score (nSPS) is 26.5. The van der Waals surface area contributed by atoms with Crippen molar-refractivity contribution in [2.24, 2.45) is 5.92 Å². The van der Waals surface area contributed by atoms with Gasteiger partial charge in [0.15, 0.2) is 0 Å². The van der Waals surface area contributed by atoms with E-state index in [1.54, 1.807) is 0 Å². The largest absolute Gasteiger partial charge is 0.385 e. The standard InChI is InChI=1S/C19H24O/c1-5-17(18-8-6-7-13-19(18,4)20)16-11-9-15(10-12-16)14(2)3/h6-13,17-18,20H,2,5H2,1,3-4H3. The number of aliphatic hydroxyl groups is 1. The van der Waals surface area contributed by atoms with Crippen LogP contribution in [0.3, 0.4) is 0 Å². The molecule has 0 fully saturated rings. The second kappa shape index (κ2) is 5.80. The van der Waals surface area contributed by atoms with Crippen LogP contribution in [0.2, 0.25) is 0 Å². The van der Waals surface area contributed by atoms with Crippen molar-refractivity contribution in [1.29, 1.82) is 0 Å². The Morgan fingerprint density at radius 2 is 1.95 bits per heavy atom. The molecule has 0 aromatic heterocycles. The van der Waals surface area contributed by atoms with Gasteiger partial charge >= 0.3 is 0 Å². The molecule has 2 rings (SSSR count). The third-order valence-corrected chi connectivity index (χ3v) is 4.24. The summed E-state index contributed by atoms with van der Waals surface area (Å²) in [5, 5.41) is 10.6. The Morgan fingerprint density at radius 1 is 1.30 bits per heavy atom. The van der Waals surface area contributed by atoms with Crippen LogP contribution >= 0.6 is 0 Å². The predicted molar refractivity (Wildman–Crippen MR) is 86.6 cm³/mol. The highest BCUT2D eigenvalue weighted by Crippen LogP contribution is 2.38. The van der Waals surface area contributed by atoms with Crippen LogP contribution < -0.4 is 0 Å². The Kier molecular flexibility index (Phi) is 4.29. The molecule has 1 aliphatic rings. The molecule has 1 aliphatic carbocycles. The van der Waals surface area contributed by atoms with E-state index in [9.17, 15) is 5.11 Å². The highest BCUT2D eigenvalue weighted by Gasteiger charge is 2.34. The fourth-order valence-corrected chi connectivity index (χ4v) is 2.99. The lowest BCUT2D eigenvalue weighted by molar-refractivity contribution is 0.0525. The molecule has 0 saturated carbocycles. The molecule has 0 aliphatic heterocycles. The molecule has 0 heterocycles. The fourth-order valence-electron chi connectivity index (χ4n) is 2.99. The average molecular weight is 268 g/mol. The zero-order chi connectivity index (χ0) is 14.8. The van der Waals surface area contributed by atoms with E-state index in [-0.39, 0.29) is 5.92 Å². The molecule has 20 heavy (non-hydrogen) atoms. The summed E-state index contributed by atoms with van der Waals surface area (Å²) in [6.45, 7) is 10.1. The zero-order valence-corrected chi connectivity index (χ0v) is 12.6. The first-order valence-electron chi connectivity index (χ1n) is 7.30. The molecule has 1 N–H and O–H groups in total. The minimum absolute atomic E-state index is 0.119. The van der Waals surface area contributed by atoms with E-state index in [2.05, 4.69) is 43.8 Å². The molecule has 1 aromatic rings. The molecule has 3 atom stereocenters. The van der Waals surface area contributed by atoms with Crippen molar-refractivity contribution in [3.63, 3.8) is 0 Å². The van der Waals surface area contributed by atoms with E-state index in [1.807, 2.05) is 32.1 Å². The Labute approximate surface area is 122 Å². The van der Waals surface area contributed by atoms with Crippen LogP contribution in [0.4, 0.5) is 0 Å². The monoisotopic (exact) mass is 268 g/mol. The third kappa shape index (κ3) is 2.94. The van der Waals surface area contributed by atoms with Crippen molar-refractivity contribution in [2.75, 3.05) is 0 Å². The van der Waals surface area contributed by atoms with Gasteiger partial charge in [0.1, 0.15) is 0 Å². The van der Waals surface area contributed by atoms with Gasteiger partial charge in [-0.3, -0.25) is 0 Å². The predicted octanol–water partition coefficient (Wildman–Crippen LogP) is 4.71. The van der Waals surface area contributed by atoms with Crippen molar-refractivity contribution >= 4 is 5.57 Å². The van der Waals surface area contributed by atoms with Gasteiger partial charge in [0.25, 0.3) is 0 Å². The number of benzene rings is 1. The van der Waals surface area contributed by atoms with E-state index >= 15 is 0 Å². The van der Waals surface area contributed by atoms with Gasteiger partial charge in [-0.2, -0.15) is 0 Å². The minimum atomic E-state index is -0.775. The van der Waals surface area contributed by atoms with Gasteiger partial charge in [-0.15, -0.1) is 0 Å². The quantitative estimate of drug-likeness (QED) is 0.838. The molecule has 0 bridgehead atoms. The van der Waals surface area contributed by atoms with Crippen LogP contribution in [0.15, 0.2) is 55.1 Å². The van der Waals surface area contributed by atoms with Crippen LogP contribution in [0, 0.1) is 5.92 Å². The first kappa shape index (κ1) is 14.8.